The average molecular weight is 452 g/mol. The van der Waals surface area contributed by atoms with Gasteiger partial charge in [0.05, 0.1) is 21.1 Å². The predicted octanol–water partition coefficient (Wildman–Crippen LogP) is 4.96. The fourth-order valence-electron chi connectivity index (χ4n) is 2.93. The van der Waals surface area contributed by atoms with Gasteiger partial charge in [0.2, 0.25) is 0 Å². The lowest BCUT2D eigenvalue weighted by Gasteiger charge is -2.13. The van der Waals surface area contributed by atoms with Crippen LogP contribution in [0.3, 0.4) is 0 Å². The zero-order chi connectivity index (χ0) is 22.1. The number of carbonyl (C=O) groups excluding carboxylic acids is 1. The molecule has 0 atom stereocenters. The largest absolute Gasteiger partial charge is 0.478 e. The molecule has 0 bridgehead atoms. The van der Waals surface area contributed by atoms with E-state index in [0.29, 0.717) is 32.0 Å². The maximum Gasteiger partial charge on any atom is 0.335 e. The lowest BCUT2D eigenvalue weighted by atomic mass is 10.1. The molecule has 154 valence electrons. The van der Waals surface area contributed by atoms with Crippen molar-refractivity contribution in [1.82, 2.24) is 0 Å². The van der Waals surface area contributed by atoms with E-state index in [1.807, 2.05) is 0 Å². The van der Waals surface area contributed by atoms with Gasteiger partial charge in [-0.05, 0) is 36.4 Å². The Labute approximate surface area is 184 Å². The van der Waals surface area contributed by atoms with E-state index in [9.17, 15) is 19.7 Å². The molecule has 0 radical (unpaired) electrons. The molecular formula is C21H12N2O6S2. The molecule has 1 amide bonds. The summed E-state index contributed by atoms with van der Waals surface area (Å²) in [5, 5.41) is 20.0. The molecule has 1 N–H and O–H groups in total. The Morgan fingerprint density at radius 2 is 1.90 bits per heavy atom. The van der Waals surface area contributed by atoms with Crippen molar-refractivity contribution >= 4 is 57.6 Å². The normalized spacial score (nSPS) is 15.0. The highest BCUT2D eigenvalue weighted by Crippen LogP contribution is 2.37. The van der Waals surface area contributed by atoms with Crippen molar-refractivity contribution in [2.24, 2.45) is 0 Å². The number of nitro benzene ring substituents is 1. The first-order valence-corrected chi connectivity index (χ1v) is 10.0. The standard InChI is InChI=1S/C21H12N2O6S2/c24-19-18(31-21(30)22(19)14-4-6-15(7-5-14)23(27)28)11-16-8-9-17(29-16)12-2-1-3-13(10-12)20(25)26/h1-11H,(H,25,26)/b18-11+. The first kappa shape index (κ1) is 20.5. The van der Waals surface area contributed by atoms with Gasteiger partial charge < -0.3 is 9.52 Å². The molecule has 31 heavy (non-hydrogen) atoms. The number of amides is 1. The molecule has 8 nitrogen and oxygen atoms in total. The van der Waals surface area contributed by atoms with Crippen LogP contribution in [0.5, 0.6) is 0 Å². The van der Waals surface area contributed by atoms with Gasteiger partial charge in [-0.2, -0.15) is 0 Å². The highest BCUT2D eigenvalue weighted by Gasteiger charge is 2.33. The van der Waals surface area contributed by atoms with Crippen molar-refractivity contribution in [3.63, 3.8) is 0 Å². The number of nitro groups is 1. The van der Waals surface area contributed by atoms with Crippen LogP contribution in [0.25, 0.3) is 17.4 Å². The molecule has 3 aromatic rings. The van der Waals surface area contributed by atoms with E-state index >= 15 is 0 Å². The van der Waals surface area contributed by atoms with Gasteiger partial charge in [0, 0.05) is 23.8 Å². The minimum absolute atomic E-state index is 0.0835. The zero-order valence-electron chi connectivity index (χ0n) is 15.6. The number of hydrogen-bond acceptors (Lipinski definition) is 7. The van der Waals surface area contributed by atoms with Gasteiger partial charge in [-0.3, -0.25) is 19.8 Å². The van der Waals surface area contributed by atoms with Gasteiger partial charge in [-0.15, -0.1) is 0 Å². The lowest BCUT2D eigenvalue weighted by Crippen LogP contribution is -2.27. The van der Waals surface area contributed by atoms with E-state index < -0.39 is 10.9 Å². The molecule has 0 aliphatic carbocycles. The number of thiocarbonyl (C=S) groups is 1. The second-order valence-electron chi connectivity index (χ2n) is 6.38. The molecule has 1 aliphatic rings. The summed E-state index contributed by atoms with van der Waals surface area (Å²) < 4.78 is 6.06. The maximum atomic E-state index is 12.8. The van der Waals surface area contributed by atoms with Crippen LogP contribution in [0, 0.1) is 10.1 Å². The van der Waals surface area contributed by atoms with Crippen LogP contribution in [0.1, 0.15) is 16.1 Å². The van der Waals surface area contributed by atoms with Crippen molar-refractivity contribution in [2.45, 2.75) is 0 Å². The topological polar surface area (TPSA) is 114 Å². The summed E-state index contributed by atoms with van der Waals surface area (Å²) in [6, 6.07) is 15.2. The number of carbonyl (C=O) groups is 2. The Morgan fingerprint density at radius 1 is 1.16 bits per heavy atom. The summed E-state index contributed by atoms with van der Waals surface area (Å²) >= 11 is 6.40. The van der Waals surface area contributed by atoms with E-state index in [4.69, 9.17) is 21.7 Å². The average Bonchev–Trinajstić information content (AvgIpc) is 3.33. The summed E-state index contributed by atoms with van der Waals surface area (Å²) in [6.07, 6.45) is 1.55. The number of carboxylic acid groups (broad SMARTS) is 1. The number of benzene rings is 2. The van der Waals surface area contributed by atoms with Gasteiger partial charge in [-0.1, -0.05) is 36.1 Å². The number of aromatic carboxylic acids is 1. The van der Waals surface area contributed by atoms with Crippen molar-refractivity contribution in [2.75, 3.05) is 4.90 Å². The van der Waals surface area contributed by atoms with E-state index in [-0.39, 0.29) is 17.2 Å². The highest BCUT2D eigenvalue weighted by atomic mass is 32.2. The SMILES string of the molecule is O=C(O)c1cccc(-c2ccc(/C=C3/SC(=S)N(c4ccc([N+](=O)[O-])cc4)C3=O)o2)c1. The summed E-state index contributed by atoms with van der Waals surface area (Å²) in [4.78, 5) is 35.9. The van der Waals surface area contributed by atoms with Crippen LogP contribution >= 0.6 is 24.0 Å². The number of carboxylic acids is 1. The molecule has 10 heteroatoms. The highest BCUT2D eigenvalue weighted by molar-refractivity contribution is 8.27. The van der Waals surface area contributed by atoms with Gasteiger partial charge in [0.15, 0.2) is 4.32 Å². The number of hydrogen-bond donors (Lipinski definition) is 1. The van der Waals surface area contributed by atoms with E-state index in [1.165, 1.54) is 41.3 Å². The quantitative estimate of drug-likeness (QED) is 0.250. The second kappa shape index (κ2) is 8.17. The molecule has 1 saturated heterocycles. The Balaban J connectivity index is 1.58. The van der Waals surface area contributed by atoms with E-state index in [1.54, 1.807) is 30.3 Å². The molecule has 0 spiro atoms. The van der Waals surface area contributed by atoms with Gasteiger partial charge in [0.1, 0.15) is 11.5 Å². The summed E-state index contributed by atoms with van der Waals surface area (Å²) in [5.41, 5.74) is 1.08. The minimum Gasteiger partial charge on any atom is -0.478 e. The van der Waals surface area contributed by atoms with E-state index in [0.717, 1.165) is 11.8 Å². The number of thioether (sulfide) groups is 1. The third-order valence-electron chi connectivity index (χ3n) is 4.41. The Bertz CT molecular complexity index is 1260. The van der Waals surface area contributed by atoms with Gasteiger partial charge >= 0.3 is 5.97 Å². The number of rotatable bonds is 5. The molecule has 1 fully saturated rings. The summed E-state index contributed by atoms with van der Waals surface area (Å²) in [7, 11) is 0. The molecule has 0 saturated carbocycles. The fourth-order valence-corrected chi connectivity index (χ4v) is 4.21. The maximum absolute atomic E-state index is 12.8. The number of furan rings is 1. The number of anilines is 1. The Kier molecular flexibility index (Phi) is 5.40. The van der Waals surface area contributed by atoms with Crippen molar-refractivity contribution < 1.29 is 24.0 Å². The second-order valence-corrected chi connectivity index (χ2v) is 8.05. The zero-order valence-corrected chi connectivity index (χ0v) is 17.2. The summed E-state index contributed by atoms with van der Waals surface area (Å²) in [6.45, 7) is 0. The van der Waals surface area contributed by atoms with Crippen molar-refractivity contribution in [3.8, 4) is 11.3 Å². The fraction of sp³-hybridized carbons (Fsp3) is 0. The monoisotopic (exact) mass is 452 g/mol. The van der Waals surface area contributed by atoms with Crippen LogP contribution in [0.4, 0.5) is 11.4 Å². The number of non-ortho nitro benzene ring substituents is 1. The Morgan fingerprint density at radius 3 is 2.58 bits per heavy atom. The van der Waals surface area contributed by atoms with Crippen LogP contribution < -0.4 is 4.90 Å². The molecule has 4 rings (SSSR count). The summed E-state index contributed by atoms with van der Waals surface area (Å²) in [5.74, 6) is -0.543. The molecule has 1 aromatic heterocycles. The van der Waals surface area contributed by atoms with Crippen molar-refractivity contribution in [1.29, 1.82) is 0 Å². The molecule has 1 aliphatic heterocycles. The minimum atomic E-state index is -1.04. The van der Waals surface area contributed by atoms with Crippen molar-refractivity contribution in [3.05, 3.63) is 87.0 Å². The smallest absolute Gasteiger partial charge is 0.335 e. The first-order valence-electron chi connectivity index (χ1n) is 8.79. The van der Waals surface area contributed by atoms with Crippen LogP contribution in [-0.4, -0.2) is 26.2 Å². The molecular weight excluding hydrogens is 440 g/mol. The predicted molar refractivity (Wildman–Crippen MR) is 120 cm³/mol. The van der Waals surface area contributed by atoms with Gasteiger partial charge in [-0.25, -0.2) is 4.79 Å². The third kappa shape index (κ3) is 4.11. The molecule has 2 aromatic carbocycles. The molecule has 0 unspecified atom stereocenters. The van der Waals surface area contributed by atoms with E-state index in [2.05, 4.69) is 0 Å². The Hall–Kier alpha value is -3.76. The van der Waals surface area contributed by atoms with Crippen LogP contribution in [0.2, 0.25) is 0 Å². The van der Waals surface area contributed by atoms with Gasteiger partial charge in [0.25, 0.3) is 11.6 Å². The first-order chi connectivity index (χ1) is 14.8. The molecule has 2 heterocycles. The third-order valence-corrected chi connectivity index (χ3v) is 5.71. The number of nitrogens with zero attached hydrogens (tertiary/aromatic N) is 2. The lowest BCUT2D eigenvalue weighted by molar-refractivity contribution is -0.384. The van der Waals surface area contributed by atoms with Crippen LogP contribution in [0.15, 0.2) is 70.0 Å². The van der Waals surface area contributed by atoms with Crippen LogP contribution in [-0.2, 0) is 4.79 Å².